The van der Waals surface area contributed by atoms with Crippen molar-refractivity contribution in [3.8, 4) is 0 Å². The molecule has 6 heteroatoms. The van der Waals surface area contributed by atoms with Crippen molar-refractivity contribution in [3.05, 3.63) is 45.9 Å². The largest absolute Gasteiger partial charge is 0.398 e. The second-order valence-corrected chi connectivity index (χ2v) is 6.70. The molecule has 3 nitrogen and oxygen atoms in total. The maximum absolute atomic E-state index is 11.4. The number of aryl methyl sites for hydroxylation is 1. The standard InChI is InChI=1S/C15H12Cl2N2OS/c16-10-3-2-9(6-11(10)17)21-14-5-8-1-4-15(20)19-13(8)7-12(14)18/h2-3,5-7H,1,4,18H2,(H,19,20). The van der Waals surface area contributed by atoms with Crippen LogP contribution in [0, 0.1) is 0 Å². The highest BCUT2D eigenvalue weighted by Gasteiger charge is 2.17. The third-order valence-electron chi connectivity index (χ3n) is 3.25. The summed E-state index contributed by atoms with van der Waals surface area (Å²) in [6.07, 6.45) is 1.24. The summed E-state index contributed by atoms with van der Waals surface area (Å²) in [5, 5.41) is 3.89. The molecule has 3 N–H and O–H groups in total. The Kier molecular flexibility index (Phi) is 4.02. The van der Waals surface area contributed by atoms with E-state index >= 15 is 0 Å². The van der Waals surface area contributed by atoms with Gasteiger partial charge in [0.15, 0.2) is 0 Å². The first-order chi connectivity index (χ1) is 10.0. The molecular formula is C15H12Cl2N2OS. The number of carbonyl (C=O) groups excluding carboxylic acids is 1. The van der Waals surface area contributed by atoms with E-state index in [1.807, 2.05) is 24.3 Å². The van der Waals surface area contributed by atoms with Crippen LogP contribution in [0.4, 0.5) is 11.4 Å². The number of benzene rings is 2. The number of nitrogens with two attached hydrogens (primary N) is 1. The van der Waals surface area contributed by atoms with E-state index in [0.717, 1.165) is 27.5 Å². The Hall–Kier alpha value is -1.36. The van der Waals surface area contributed by atoms with Gasteiger partial charge in [0.1, 0.15) is 0 Å². The van der Waals surface area contributed by atoms with Crippen molar-refractivity contribution in [2.24, 2.45) is 0 Å². The van der Waals surface area contributed by atoms with Gasteiger partial charge in [-0.3, -0.25) is 4.79 Å². The molecule has 1 aliphatic rings. The van der Waals surface area contributed by atoms with E-state index in [2.05, 4.69) is 5.32 Å². The van der Waals surface area contributed by atoms with Crippen LogP contribution < -0.4 is 11.1 Å². The SMILES string of the molecule is Nc1cc2c(cc1Sc1ccc(Cl)c(Cl)c1)CCC(=O)N2. The van der Waals surface area contributed by atoms with Gasteiger partial charge in [-0.2, -0.15) is 0 Å². The fourth-order valence-electron chi connectivity index (χ4n) is 2.18. The maximum atomic E-state index is 11.4. The molecule has 0 atom stereocenters. The highest BCUT2D eigenvalue weighted by Crippen LogP contribution is 2.38. The molecule has 108 valence electrons. The number of hydrogen-bond donors (Lipinski definition) is 2. The molecule has 0 aliphatic carbocycles. The molecule has 1 amide bonds. The van der Waals surface area contributed by atoms with Gasteiger partial charge in [0.2, 0.25) is 5.91 Å². The van der Waals surface area contributed by atoms with E-state index in [0.29, 0.717) is 22.2 Å². The number of fused-ring (bicyclic) bond motifs is 1. The summed E-state index contributed by atoms with van der Waals surface area (Å²) < 4.78 is 0. The van der Waals surface area contributed by atoms with Crippen LogP contribution in [0.15, 0.2) is 40.1 Å². The van der Waals surface area contributed by atoms with Crippen molar-refractivity contribution in [3.63, 3.8) is 0 Å². The molecule has 0 aromatic heterocycles. The summed E-state index contributed by atoms with van der Waals surface area (Å²) in [5.41, 5.74) is 8.62. The highest BCUT2D eigenvalue weighted by atomic mass is 35.5. The lowest BCUT2D eigenvalue weighted by Crippen LogP contribution is -2.19. The van der Waals surface area contributed by atoms with Gasteiger partial charge in [-0.1, -0.05) is 35.0 Å². The van der Waals surface area contributed by atoms with Gasteiger partial charge in [-0.05, 0) is 42.3 Å². The number of rotatable bonds is 2. The molecule has 0 radical (unpaired) electrons. The molecule has 1 aliphatic heterocycles. The third kappa shape index (κ3) is 3.12. The molecule has 0 saturated carbocycles. The Balaban J connectivity index is 1.92. The smallest absolute Gasteiger partial charge is 0.224 e. The fourth-order valence-corrected chi connectivity index (χ4v) is 3.49. The molecule has 0 fully saturated rings. The first-order valence-corrected chi connectivity index (χ1v) is 7.95. The quantitative estimate of drug-likeness (QED) is 0.786. The van der Waals surface area contributed by atoms with Crippen LogP contribution in [0.2, 0.25) is 10.0 Å². The summed E-state index contributed by atoms with van der Waals surface area (Å²) in [6.45, 7) is 0. The fraction of sp³-hybridized carbons (Fsp3) is 0.133. The summed E-state index contributed by atoms with van der Waals surface area (Å²) in [5.74, 6) is 0.0341. The predicted octanol–water partition coefficient (Wildman–Crippen LogP) is 4.61. The summed E-state index contributed by atoms with van der Waals surface area (Å²) >= 11 is 13.5. The zero-order valence-corrected chi connectivity index (χ0v) is 13.3. The first kappa shape index (κ1) is 14.6. The minimum absolute atomic E-state index is 0.0341. The minimum atomic E-state index is 0.0341. The Labute approximate surface area is 136 Å². The lowest BCUT2D eigenvalue weighted by molar-refractivity contribution is -0.116. The monoisotopic (exact) mass is 338 g/mol. The minimum Gasteiger partial charge on any atom is -0.398 e. The second kappa shape index (κ2) is 5.79. The van der Waals surface area contributed by atoms with Gasteiger partial charge in [0.05, 0.1) is 10.0 Å². The lowest BCUT2D eigenvalue weighted by atomic mass is 10.0. The number of nitrogens with one attached hydrogen (secondary N) is 1. The number of halogens is 2. The van der Waals surface area contributed by atoms with Crippen LogP contribution in [0.3, 0.4) is 0 Å². The zero-order chi connectivity index (χ0) is 15.0. The van der Waals surface area contributed by atoms with Crippen molar-refractivity contribution in [1.29, 1.82) is 0 Å². The topological polar surface area (TPSA) is 55.1 Å². The number of anilines is 2. The molecule has 0 spiro atoms. The first-order valence-electron chi connectivity index (χ1n) is 6.38. The molecule has 1 heterocycles. The van der Waals surface area contributed by atoms with E-state index in [4.69, 9.17) is 28.9 Å². The van der Waals surface area contributed by atoms with Gasteiger partial charge >= 0.3 is 0 Å². The Bertz CT molecular complexity index is 734. The Morgan fingerprint density at radius 2 is 1.90 bits per heavy atom. The van der Waals surface area contributed by atoms with Crippen LogP contribution in [0.5, 0.6) is 0 Å². The second-order valence-electron chi connectivity index (χ2n) is 4.77. The van der Waals surface area contributed by atoms with Gasteiger partial charge in [-0.15, -0.1) is 0 Å². The normalized spacial score (nSPS) is 13.7. The van der Waals surface area contributed by atoms with Crippen molar-refractivity contribution >= 4 is 52.2 Å². The number of amides is 1. The average molecular weight is 339 g/mol. The molecule has 21 heavy (non-hydrogen) atoms. The summed E-state index contributed by atoms with van der Waals surface area (Å²) in [4.78, 5) is 13.3. The highest BCUT2D eigenvalue weighted by molar-refractivity contribution is 7.99. The molecule has 3 rings (SSSR count). The van der Waals surface area contributed by atoms with E-state index in [9.17, 15) is 4.79 Å². The van der Waals surface area contributed by atoms with E-state index in [1.54, 1.807) is 6.07 Å². The van der Waals surface area contributed by atoms with Crippen LogP contribution in [-0.4, -0.2) is 5.91 Å². The van der Waals surface area contributed by atoms with Crippen molar-refractivity contribution < 1.29 is 4.79 Å². The van der Waals surface area contributed by atoms with E-state index < -0.39 is 0 Å². The van der Waals surface area contributed by atoms with Gasteiger partial charge in [-0.25, -0.2) is 0 Å². The molecule has 0 unspecified atom stereocenters. The van der Waals surface area contributed by atoms with Crippen LogP contribution in [-0.2, 0) is 11.2 Å². The summed E-state index contributed by atoms with van der Waals surface area (Å²) in [7, 11) is 0. The van der Waals surface area contributed by atoms with E-state index in [1.165, 1.54) is 11.8 Å². The number of hydrogen-bond acceptors (Lipinski definition) is 3. The average Bonchev–Trinajstić information content (AvgIpc) is 2.44. The van der Waals surface area contributed by atoms with Crippen LogP contribution in [0.1, 0.15) is 12.0 Å². The molecular weight excluding hydrogens is 327 g/mol. The Morgan fingerprint density at radius 3 is 2.67 bits per heavy atom. The number of nitrogen functional groups attached to an aromatic ring is 1. The lowest BCUT2D eigenvalue weighted by Gasteiger charge is -2.19. The predicted molar refractivity (Wildman–Crippen MR) is 88.4 cm³/mol. The van der Waals surface area contributed by atoms with Crippen molar-refractivity contribution in [2.45, 2.75) is 22.6 Å². The van der Waals surface area contributed by atoms with Crippen LogP contribution in [0.25, 0.3) is 0 Å². The van der Waals surface area contributed by atoms with Gasteiger partial charge in [0, 0.05) is 27.6 Å². The zero-order valence-electron chi connectivity index (χ0n) is 11.0. The van der Waals surface area contributed by atoms with Crippen molar-refractivity contribution in [1.82, 2.24) is 0 Å². The Morgan fingerprint density at radius 1 is 1.10 bits per heavy atom. The van der Waals surface area contributed by atoms with Gasteiger partial charge < -0.3 is 11.1 Å². The summed E-state index contributed by atoms with van der Waals surface area (Å²) in [6, 6.07) is 9.32. The van der Waals surface area contributed by atoms with Crippen LogP contribution >= 0.6 is 35.0 Å². The van der Waals surface area contributed by atoms with Crippen molar-refractivity contribution in [2.75, 3.05) is 11.1 Å². The third-order valence-corrected chi connectivity index (χ3v) is 5.05. The van der Waals surface area contributed by atoms with Gasteiger partial charge in [0.25, 0.3) is 0 Å². The number of carbonyl (C=O) groups is 1. The molecule has 0 saturated heterocycles. The molecule has 2 aromatic rings. The molecule has 0 bridgehead atoms. The molecule has 2 aromatic carbocycles. The van der Waals surface area contributed by atoms with E-state index in [-0.39, 0.29) is 5.91 Å². The maximum Gasteiger partial charge on any atom is 0.224 e.